The average Bonchev–Trinajstić information content (AvgIpc) is 3.59. The van der Waals surface area contributed by atoms with E-state index in [0.717, 1.165) is 16.0 Å². The number of imide groups is 1. The van der Waals surface area contributed by atoms with Crippen molar-refractivity contribution in [2.45, 2.75) is 45.3 Å². The number of carbonyl (C=O) groups is 2. The van der Waals surface area contributed by atoms with Gasteiger partial charge in [-0.3, -0.25) is 19.5 Å². The van der Waals surface area contributed by atoms with Crippen LogP contribution in [0.2, 0.25) is 0 Å². The van der Waals surface area contributed by atoms with E-state index in [9.17, 15) is 29.3 Å². The molecular weight excluding hydrogens is 543 g/mol. The fourth-order valence-corrected chi connectivity index (χ4v) is 6.86. The van der Waals surface area contributed by atoms with Crippen LogP contribution in [-0.4, -0.2) is 49.7 Å². The van der Waals surface area contributed by atoms with Crippen molar-refractivity contribution in [3.05, 3.63) is 93.2 Å². The third-order valence-electron chi connectivity index (χ3n) is 8.15. The molecule has 7 nitrogen and oxygen atoms in total. The lowest BCUT2D eigenvalue weighted by Gasteiger charge is -2.36. The summed E-state index contributed by atoms with van der Waals surface area (Å²) in [6, 6.07) is 13.4. The van der Waals surface area contributed by atoms with E-state index >= 15 is 0 Å². The number of carbonyl (C=O) groups excluding carboxylic acids is 2. The van der Waals surface area contributed by atoms with Crippen molar-refractivity contribution in [2.75, 3.05) is 6.61 Å². The first-order valence-corrected chi connectivity index (χ1v) is 14.7. The highest BCUT2D eigenvalue weighted by atomic mass is 32.1. The lowest BCUT2D eigenvalue weighted by molar-refractivity contribution is -0.140. The second kappa shape index (κ2) is 12.5. The predicted octanol–water partition coefficient (Wildman–Crippen LogP) is 5.19. The second-order valence-corrected chi connectivity index (χ2v) is 11.6. The quantitative estimate of drug-likeness (QED) is 0.226. The van der Waals surface area contributed by atoms with Crippen LogP contribution in [0.1, 0.15) is 48.7 Å². The Morgan fingerprint density at radius 2 is 2.02 bits per heavy atom. The summed E-state index contributed by atoms with van der Waals surface area (Å²) in [5.74, 6) is -3.59. The van der Waals surface area contributed by atoms with Gasteiger partial charge in [0.05, 0.1) is 36.8 Å². The minimum Gasteiger partial charge on any atom is -0.505 e. The average molecular weight is 577 g/mol. The van der Waals surface area contributed by atoms with Crippen molar-refractivity contribution >= 4 is 34.8 Å². The summed E-state index contributed by atoms with van der Waals surface area (Å²) in [5.41, 5.74) is 3.52. The number of phenolic OH excluding ortho intramolecular Hbond substituents is 1. The first-order chi connectivity index (χ1) is 19.8. The lowest BCUT2D eigenvalue weighted by Crippen LogP contribution is -2.39. The molecule has 2 aromatic heterocycles. The van der Waals surface area contributed by atoms with Gasteiger partial charge in [0.25, 0.3) is 0 Å². The van der Waals surface area contributed by atoms with Crippen molar-refractivity contribution in [3.8, 4) is 5.75 Å². The molecule has 2 amide bonds. The maximum absolute atomic E-state index is 14.0. The molecule has 4 atom stereocenters. The molecule has 9 heteroatoms. The van der Waals surface area contributed by atoms with E-state index in [1.807, 2.05) is 36.6 Å². The van der Waals surface area contributed by atoms with Crippen molar-refractivity contribution in [2.24, 2.45) is 17.8 Å². The topological polar surface area (TPSA) is 111 Å². The fraction of sp³-hybridized carbons (Fsp3) is 0.344. The Kier molecular flexibility index (Phi) is 8.77. The maximum atomic E-state index is 14.0. The van der Waals surface area contributed by atoms with Crippen LogP contribution >= 0.6 is 11.3 Å². The number of nitrogens with zero attached hydrogens (tertiary/aromatic N) is 2. The number of aromatic nitrogens is 1. The van der Waals surface area contributed by atoms with Crippen molar-refractivity contribution < 1.29 is 29.3 Å². The molecule has 3 N–H and O–H groups in total. The van der Waals surface area contributed by atoms with Crippen LogP contribution in [0.4, 0.5) is 4.39 Å². The van der Waals surface area contributed by atoms with Crippen LogP contribution in [0.15, 0.2) is 71.3 Å². The monoisotopic (exact) mass is 576 g/mol. The Morgan fingerprint density at radius 1 is 1.20 bits per heavy atom. The smallest absolute Gasteiger partial charge is 0.234 e. The van der Waals surface area contributed by atoms with Gasteiger partial charge < -0.3 is 15.3 Å². The van der Waals surface area contributed by atoms with Crippen LogP contribution in [-0.2, 0) is 16.1 Å². The first kappa shape index (κ1) is 28.9. The zero-order valence-corrected chi connectivity index (χ0v) is 23.6. The molecule has 214 valence electrons. The molecular formula is C32H33FN2O5S. The molecule has 0 spiro atoms. The highest BCUT2D eigenvalue weighted by Crippen LogP contribution is 2.47. The van der Waals surface area contributed by atoms with Gasteiger partial charge in [-0.2, -0.15) is 0 Å². The SMILES string of the molecule is CCC1=C([C@H](O)CC/C(=C/c2ccc(O)c(F)c2)c2ccccn2)[C@H](CO)[C@@H]2C(=O)N(Cc3cccs3)C(=O)[C@@H]2C1. The van der Waals surface area contributed by atoms with Gasteiger partial charge in [0.2, 0.25) is 11.8 Å². The van der Waals surface area contributed by atoms with Crippen molar-refractivity contribution in [1.82, 2.24) is 9.88 Å². The van der Waals surface area contributed by atoms with E-state index in [2.05, 4.69) is 4.98 Å². The highest BCUT2D eigenvalue weighted by molar-refractivity contribution is 7.09. The number of halogens is 1. The molecule has 1 fully saturated rings. The number of aliphatic hydroxyl groups excluding tert-OH is 2. The number of aliphatic hydroxyl groups is 2. The number of hydrogen-bond acceptors (Lipinski definition) is 7. The van der Waals surface area contributed by atoms with Gasteiger partial charge in [0.1, 0.15) is 0 Å². The molecule has 0 bridgehead atoms. The van der Waals surface area contributed by atoms with Gasteiger partial charge >= 0.3 is 0 Å². The molecule has 1 saturated heterocycles. The van der Waals surface area contributed by atoms with E-state index < -0.39 is 35.4 Å². The number of rotatable bonds is 10. The van der Waals surface area contributed by atoms with Gasteiger partial charge in [0, 0.05) is 17.0 Å². The van der Waals surface area contributed by atoms with E-state index in [1.165, 1.54) is 28.4 Å². The van der Waals surface area contributed by atoms with Crippen LogP contribution in [0.3, 0.4) is 0 Å². The predicted molar refractivity (Wildman–Crippen MR) is 155 cm³/mol. The first-order valence-electron chi connectivity index (χ1n) is 13.8. The third-order valence-corrected chi connectivity index (χ3v) is 9.01. The Balaban J connectivity index is 1.40. The molecule has 0 unspecified atom stereocenters. The zero-order chi connectivity index (χ0) is 29.1. The normalized spacial score (nSPS) is 21.9. The number of fused-ring (bicyclic) bond motifs is 1. The van der Waals surface area contributed by atoms with Crippen molar-refractivity contribution in [3.63, 3.8) is 0 Å². The molecule has 1 aliphatic carbocycles. The number of likely N-dealkylation sites (tertiary alicyclic amines) is 1. The molecule has 1 aromatic carbocycles. The molecule has 3 aromatic rings. The van der Waals surface area contributed by atoms with E-state index in [0.29, 0.717) is 36.1 Å². The third kappa shape index (κ3) is 5.88. The molecule has 5 rings (SSSR count). The van der Waals surface area contributed by atoms with E-state index in [1.54, 1.807) is 24.4 Å². The number of thiophene rings is 1. The Hall–Kier alpha value is -3.66. The Labute approximate surface area is 242 Å². The van der Waals surface area contributed by atoms with E-state index in [4.69, 9.17) is 0 Å². The van der Waals surface area contributed by atoms with E-state index in [-0.39, 0.29) is 31.4 Å². The molecule has 1 aliphatic heterocycles. The van der Waals surface area contributed by atoms with Gasteiger partial charge in [-0.15, -0.1) is 11.3 Å². The number of amides is 2. The molecule has 41 heavy (non-hydrogen) atoms. The van der Waals surface area contributed by atoms with Crippen molar-refractivity contribution in [1.29, 1.82) is 0 Å². The van der Waals surface area contributed by atoms with Crippen LogP contribution in [0.25, 0.3) is 11.6 Å². The number of aromatic hydroxyl groups is 1. The highest BCUT2D eigenvalue weighted by Gasteiger charge is 2.54. The lowest BCUT2D eigenvalue weighted by atomic mass is 9.67. The van der Waals surface area contributed by atoms with Gasteiger partial charge in [0.15, 0.2) is 11.6 Å². The minimum absolute atomic E-state index is 0.215. The Morgan fingerprint density at radius 3 is 2.68 bits per heavy atom. The fourth-order valence-electron chi connectivity index (χ4n) is 6.17. The number of pyridine rings is 1. The summed E-state index contributed by atoms with van der Waals surface area (Å²) in [4.78, 5) is 33.6. The molecule has 2 aliphatic rings. The summed E-state index contributed by atoms with van der Waals surface area (Å²) >= 11 is 1.48. The standard InChI is InChI=1S/C32H33FN2O5S/c1-2-20-16-23-30(32(40)35(31(23)39)17-22-6-5-13-41-22)24(18-36)29(20)28(38)11-9-21(26-7-3-4-12-34-26)14-19-8-10-27(37)25(33)15-19/h3-8,10,12-15,23-24,28,30,36-38H,2,9,11,16-18H2,1H3/b21-14-/t23-,24+,28-,30-/m1/s1. The number of hydrogen-bond donors (Lipinski definition) is 3. The summed E-state index contributed by atoms with van der Waals surface area (Å²) in [7, 11) is 0. The van der Waals surface area contributed by atoms with Crippen LogP contribution in [0, 0.1) is 23.6 Å². The largest absolute Gasteiger partial charge is 0.505 e. The zero-order valence-electron chi connectivity index (χ0n) is 22.7. The summed E-state index contributed by atoms with van der Waals surface area (Å²) in [5, 5.41) is 33.5. The Bertz CT molecular complexity index is 1470. The number of allylic oxidation sites excluding steroid dienone is 2. The van der Waals surface area contributed by atoms with Crippen LogP contribution in [0.5, 0.6) is 5.75 Å². The summed E-state index contributed by atoms with van der Waals surface area (Å²) in [6.45, 7) is 1.83. The number of phenols is 1. The molecule has 0 radical (unpaired) electrons. The van der Waals surface area contributed by atoms with Gasteiger partial charge in [-0.05, 0) is 84.2 Å². The summed E-state index contributed by atoms with van der Waals surface area (Å²) < 4.78 is 14.0. The second-order valence-electron chi connectivity index (χ2n) is 10.5. The maximum Gasteiger partial charge on any atom is 0.234 e. The molecule has 3 heterocycles. The number of benzene rings is 1. The van der Waals surface area contributed by atoms with Gasteiger partial charge in [-0.1, -0.05) is 30.7 Å². The van der Waals surface area contributed by atoms with Crippen LogP contribution < -0.4 is 0 Å². The molecule has 0 saturated carbocycles. The summed E-state index contributed by atoms with van der Waals surface area (Å²) in [6.07, 6.45) is 4.10. The minimum atomic E-state index is -0.957. The van der Waals surface area contributed by atoms with Gasteiger partial charge in [-0.25, -0.2) is 4.39 Å².